The number of rotatable bonds is 3. The van der Waals surface area contributed by atoms with Crippen LogP contribution in [-0.4, -0.2) is 6.71 Å². The molecule has 2 unspecified atom stereocenters. The summed E-state index contributed by atoms with van der Waals surface area (Å²) in [7, 11) is 0. The molecule has 2 aliphatic rings. The number of hydrogen-bond acceptors (Lipinski definition) is 0. The fourth-order valence-corrected chi connectivity index (χ4v) is 4.49. The number of fused-ring (bicyclic) bond motifs is 2. The Morgan fingerprint density at radius 3 is 1.52 bits per heavy atom. The Hall–Kier alpha value is -1.60. The van der Waals surface area contributed by atoms with Crippen molar-refractivity contribution < 1.29 is 40.6 Å². The van der Waals surface area contributed by atoms with Crippen LogP contribution in [0.15, 0.2) is 91.0 Å². The Labute approximate surface area is 189 Å². The van der Waals surface area contributed by atoms with Crippen molar-refractivity contribution in [1.82, 2.24) is 0 Å². The second-order valence-corrected chi connectivity index (χ2v) is 6.96. The van der Waals surface area contributed by atoms with Crippen molar-refractivity contribution in [3.8, 4) is 0 Å². The molecule has 0 radical (unpaired) electrons. The third-order valence-electron chi connectivity index (χ3n) is 5.63. The Morgan fingerprint density at radius 2 is 1.00 bits per heavy atom. The molecule has 0 nitrogen and oxygen atoms in total. The van der Waals surface area contributed by atoms with Crippen LogP contribution in [0.25, 0.3) is 12.2 Å². The fraction of sp³-hybridized carbons (Fsp3) is 0.0833. The van der Waals surface area contributed by atoms with Crippen molar-refractivity contribution in [2.45, 2.75) is 11.6 Å². The monoisotopic (exact) mass is 334 g/mol. The summed E-state index contributed by atoms with van der Waals surface area (Å²) >= 11 is 0. The van der Waals surface area contributed by atoms with Crippen LogP contribution < -0.4 is 43.2 Å². The maximum atomic E-state index is 2.40. The molecular weight excluding hydrogens is 313 g/mol. The molecule has 3 heteroatoms. The van der Waals surface area contributed by atoms with Gasteiger partial charge in [0.05, 0.1) is 0 Å². The Balaban J connectivity index is 0.00000105. The van der Waals surface area contributed by atoms with E-state index in [1.807, 2.05) is 0 Å². The summed E-state index contributed by atoms with van der Waals surface area (Å²) in [4.78, 5) is 0. The van der Waals surface area contributed by atoms with Gasteiger partial charge in [-0.2, -0.15) is 0 Å². The molecule has 122 valence electrons. The second-order valence-electron chi connectivity index (χ2n) is 6.96. The van der Waals surface area contributed by atoms with Gasteiger partial charge < -0.3 is 2.85 Å². The third-order valence-corrected chi connectivity index (χ3v) is 5.63. The molecule has 3 aromatic carbocycles. The molecule has 0 bridgehead atoms. The molecule has 3 aromatic rings. The molecule has 0 fully saturated rings. The van der Waals surface area contributed by atoms with Gasteiger partial charge in [0.2, 0.25) is 0 Å². The van der Waals surface area contributed by atoms with Gasteiger partial charge in [-0.3, -0.25) is 0 Å². The molecule has 2 atom stereocenters. The van der Waals surface area contributed by atoms with Gasteiger partial charge in [-0.05, 0) is 33.9 Å². The van der Waals surface area contributed by atoms with Crippen LogP contribution in [0.1, 0.15) is 36.7 Å². The van der Waals surface area contributed by atoms with Crippen molar-refractivity contribution in [2.24, 2.45) is 0 Å². The maximum Gasteiger partial charge on any atom is 1.00 e. The van der Waals surface area contributed by atoms with E-state index in [0.29, 0.717) is 18.3 Å². The van der Waals surface area contributed by atoms with Crippen molar-refractivity contribution in [3.05, 3.63) is 113 Å². The first-order valence-corrected chi connectivity index (χ1v) is 9.01. The average Bonchev–Trinajstić information content (AvgIpc) is 3.29. The van der Waals surface area contributed by atoms with Crippen molar-refractivity contribution in [1.29, 1.82) is 0 Å². The fourth-order valence-electron chi connectivity index (χ4n) is 4.49. The topological polar surface area (TPSA) is 0 Å². The summed E-state index contributed by atoms with van der Waals surface area (Å²) in [6, 6.07) is 28.6. The van der Waals surface area contributed by atoms with Crippen LogP contribution in [0.5, 0.6) is 0 Å². The van der Waals surface area contributed by atoms with E-state index in [0.717, 1.165) is 0 Å². The summed E-state index contributed by atoms with van der Waals surface area (Å²) < 4.78 is 0. The largest absolute Gasteiger partial charge is 1.00 e. The van der Waals surface area contributed by atoms with Gasteiger partial charge in [0.25, 0.3) is 0 Å². The molecule has 0 N–H and O–H groups in total. The first-order chi connectivity index (χ1) is 12.4. The minimum atomic E-state index is 0. The summed E-state index contributed by atoms with van der Waals surface area (Å²) in [5, 5.41) is 0. The number of benzene rings is 3. The predicted molar refractivity (Wildman–Crippen MR) is 110 cm³/mol. The molecule has 0 aliphatic heterocycles. The van der Waals surface area contributed by atoms with Crippen LogP contribution in [0.3, 0.4) is 0 Å². The molecule has 0 saturated carbocycles. The number of allylic oxidation sites excluding steroid dienone is 2. The maximum absolute atomic E-state index is 2.40. The molecule has 0 amide bonds. The van der Waals surface area contributed by atoms with Crippen LogP contribution in [0.4, 0.5) is 0 Å². The van der Waals surface area contributed by atoms with E-state index in [-0.39, 0.29) is 40.6 Å². The molecule has 5 rings (SSSR count). The Morgan fingerprint density at radius 1 is 0.556 bits per heavy atom. The molecule has 0 aromatic heterocycles. The zero-order valence-electron chi connectivity index (χ0n) is 18.0. The minimum Gasteiger partial charge on any atom is -1.00 e. The van der Waals surface area contributed by atoms with E-state index in [4.69, 9.17) is 0 Å². The third kappa shape index (κ3) is 3.59. The second kappa shape index (κ2) is 8.61. The number of hydrogen-bond donors (Lipinski definition) is 0. The summed E-state index contributed by atoms with van der Waals surface area (Å²) in [6.45, 7) is 0.418. The molecule has 2 aliphatic carbocycles. The van der Waals surface area contributed by atoms with E-state index in [1.54, 1.807) is 0 Å². The standard InChI is InChI=1S/C24H19B.2Li.2H/c1-2-10-20(11-3-1)25(23-16-14-18-8-4-6-12-21(18)23)24-17-15-19-9-5-7-13-22(19)24;;;;/h1-17,23-24H;;;;/q;2*+1;2*-1. The quantitative estimate of drug-likeness (QED) is 0.557. The first-order valence-electron chi connectivity index (χ1n) is 9.01. The normalized spacial score (nSPS) is 18.2. The van der Waals surface area contributed by atoms with E-state index in [2.05, 4.69) is 103 Å². The van der Waals surface area contributed by atoms with Gasteiger partial charge in [0, 0.05) is 0 Å². The van der Waals surface area contributed by atoms with Gasteiger partial charge in [0.1, 0.15) is 0 Å². The molecule has 27 heavy (non-hydrogen) atoms. The predicted octanol–water partition coefficient (Wildman–Crippen LogP) is -0.679. The molecule has 0 heterocycles. The van der Waals surface area contributed by atoms with E-state index in [1.165, 1.54) is 27.7 Å². The Kier molecular flexibility index (Phi) is 6.42. The van der Waals surface area contributed by atoms with E-state index >= 15 is 0 Å². The molecule has 0 spiro atoms. The van der Waals surface area contributed by atoms with Crippen LogP contribution in [0.2, 0.25) is 0 Å². The van der Waals surface area contributed by atoms with Crippen LogP contribution in [-0.2, 0) is 0 Å². The summed E-state index contributed by atoms with van der Waals surface area (Å²) in [5.74, 6) is 0.832. The smallest absolute Gasteiger partial charge is 1.00 e. The summed E-state index contributed by atoms with van der Waals surface area (Å²) in [6.07, 6.45) is 9.38. The van der Waals surface area contributed by atoms with Crippen molar-refractivity contribution >= 4 is 24.3 Å². The van der Waals surface area contributed by atoms with Crippen LogP contribution in [0, 0.1) is 0 Å². The zero-order valence-corrected chi connectivity index (χ0v) is 16.0. The van der Waals surface area contributed by atoms with Gasteiger partial charge >= 0.3 is 37.7 Å². The van der Waals surface area contributed by atoms with Gasteiger partial charge in [-0.1, -0.05) is 109 Å². The van der Waals surface area contributed by atoms with Crippen molar-refractivity contribution in [3.63, 3.8) is 0 Å². The van der Waals surface area contributed by atoms with Gasteiger partial charge in [-0.15, -0.1) is 0 Å². The van der Waals surface area contributed by atoms with Crippen LogP contribution >= 0.6 is 0 Å². The Bertz CT molecular complexity index is 927. The SMILES string of the molecule is C1=CC(B(c2ccccc2)C2C=Cc3ccccc32)c2ccccc21.[H-].[H-].[Li+].[Li+]. The van der Waals surface area contributed by atoms with Gasteiger partial charge in [-0.25, -0.2) is 0 Å². The average molecular weight is 334 g/mol. The van der Waals surface area contributed by atoms with E-state index < -0.39 is 0 Å². The first kappa shape index (κ1) is 20.1. The molecular formula is C24H21BLi2. The molecule has 0 saturated heterocycles. The zero-order chi connectivity index (χ0) is 16.6. The van der Waals surface area contributed by atoms with Gasteiger partial charge in [0.15, 0.2) is 6.71 Å². The minimum absolute atomic E-state index is 0. The van der Waals surface area contributed by atoms with E-state index in [9.17, 15) is 0 Å². The van der Waals surface area contributed by atoms with Crippen molar-refractivity contribution in [2.75, 3.05) is 0 Å². The summed E-state index contributed by atoms with van der Waals surface area (Å²) in [5.41, 5.74) is 7.05.